The highest BCUT2D eigenvalue weighted by molar-refractivity contribution is 7.87. The van der Waals surface area contributed by atoms with Crippen LogP contribution in [-0.4, -0.2) is 22.9 Å². The van der Waals surface area contributed by atoms with Crippen molar-refractivity contribution in [3.8, 4) is 0 Å². The molecule has 0 rings (SSSR count). The van der Waals surface area contributed by atoms with Crippen LogP contribution in [0.1, 0.15) is 27.7 Å². The largest absolute Gasteiger partial charge is 0.289 e. The Morgan fingerprint density at radius 2 is 1.80 bits per heavy atom. The molecule has 0 bridgehead atoms. The fraction of sp³-hybridized carbons (Fsp3) is 0.636. The molecule has 0 amide bonds. The van der Waals surface area contributed by atoms with Crippen molar-refractivity contribution in [2.24, 2.45) is 0 Å². The maximum atomic E-state index is 12.3. The van der Waals surface area contributed by atoms with E-state index in [2.05, 4.69) is 6.58 Å². The third kappa shape index (κ3) is 5.01. The zero-order chi connectivity index (χ0) is 12.1. The summed E-state index contributed by atoms with van der Waals surface area (Å²) in [6.45, 7) is 8.81. The van der Waals surface area contributed by atoms with E-state index in [0.29, 0.717) is 6.16 Å². The van der Waals surface area contributed by atoms with E-state index in [4.69, 9.17) is 11.2 Å². The van der Waals surface area contributed by atoms with Gasteiger partial charge in [0.25, 0.3) is 0 Å². The van der Waals surface area contributed by atoms with Crippen LogP contribution in [0.2, 0.25) is 0 Å². The lowest BCUT2D eigenvalue weighted by Crippen LogP contribution is -2.33. The molecule has 88 valence electrons. The standard InChI is InChI=1S/C11H21ClNOP/c1-6-7-8-9-15(12,14)13(10(2)3)11(4)5/h6-8,10-11H,1,9H2,2-5H3/b8-7+. The number of nitrogens with zero attached hydrogens (tertiary/aromatic N) is 1. The van der Waals surface area contributed by atoms with Crippen LogP contribution >= 0.6 is 17.9 Å². The third-order valence-corrected chi connectivity index (χ3v) is 5.22. The first-order chi connectivity index (χ1) is 6.83. The van der Waals surface area contributed by atoms with Crippen molar-refractivity contribution in [1.29, 1.82) is 0 Å². The summed E-state index contributed by atoms with van der Waals surface area (Å²) in [6, 6.07) is 0.371. The molecule has 1 unspecified atom stereocenters. The molecule has 0 saturated heterocycles. The van der Waals surface area contributed by atoms with Crippen LogP contribution in [0.5, 0.6) is 0 Å². The predicted octanol–water partition coefficient (Wildman–Crippen LogP) is 4.28. The van der Waals surface area contributed by atoms with Gasteiger partial charge >= 0.3 is 0 Å². The molecule has 0 heterocycles. The molecule has 1 atom stereocenters. The van der Waals surface area contributed by atoms with Crippen LogP contribution in [0.15, 0.2) is 24.8 Å². The molecule has 0 aromatic heterocycles. The average Bonchev–Trinajstić information content (AvgIpc) is 2.01. The van der Waals surface area contributed by atoms with Gasteiger partial charge in [-0.2, -0.15) is 0 Å². The van der Waals surface area contributed by atoms with E-state index in [-0.39, 0.29) is 12.1 Å². The van der Waals surface area contributed by atoms with Gasteiger partial charge in [0.2, 0.25) is 6.65 Å². The minimum absolute atomic E-state index is 0.186. The second-order valence-corrected chi connectivity index (χ2v) is 7.67. The van der Waals surface area contributed by atoms with Crippen molar-refractivity contribution in [1.82, 2.24) is 4.67 Å². The molecule has 0 aromatic carbocycles. The van der Waals surface area contributed by atoms with E-state index >= 15 is 0 Å². The Bertz CT molecular complexity index is 266. The molecule has 4 heteroatoms. The molecule has 0 aliphatic heterocycles. The monoisotopic (exact) mass is 249 g/mol. The molecule has 0 spiro atoms. The molecule has 15 heavy (non-hydrogen) atoms. The van der Waals surface area contributed by atoms with E-state index in [1.54, 1.807) is 18.2 Å². The third-order valence-electron chi connectivity index (χ3n) is 2.01. The lowest BCUT2D eigenvalue weighted by atomic mass is 10.3. The van der Waals surface area contributed by atoms with E-state index < -0.39 is 6.65 Å². The summed E-state index contributed by atoms with van der Waals surface area (Å²) in [4.78, 5) is 0. The summed E-state index contributed by atoms with van der Waals surface area (Å²) in [5.74, 6) is 0. The molecule has 0 fully saturated rings. The predicted molar refractivity (Wildman–Crippen MR) is 69.8 cm³/mol. The highest BCUT2D eigenvalue weighted by Crippen LogP contribution is 2.56. The molecule has 0 N–H and O–H groups in total. The van der Waals surface area contributed by atoms with Gasteiger partial charge in [0.15, 0.2) is 0 Å². The van der Waals surface area contributed by atoms with Gasteiger partial charge in [-0.25, -0.2) is 4.67 Å². The van der Waals surface area contributed by atoms with Gasteiger partial charge in [-0.3, -0.25) is 4.57 Å². The van der Waals surface area contributed by atoms with Gasteiger partial charge < -0.3 is 0 Å². The van der Waals surface area contributed by atoms with Crippen molar-refractivity contribution in [3.63, 3.8) is 0 Å². The Labute approximate surface area is 98.2 Å². The lowest BCUT2D eigenvalue weighted by Gasteiger charge is -2.33. The maximum absolute atomic E-state index is 12.3. The zero-order valence-corrected chi connectivity index (χ0v) is 11.6. The molecular formula is C11H21ClNOP. The minimum atomic E-state index is -2.77. The van der Waals surface area contributed by atoms with Crippen LogP contribution in [0, 0.1) is 0 Å². The van der Waals surface area contributed by atoms with E-state index in [9.17, 15) is 4.57 Å². The number of hydrogen-bond acceptors (Lipinski definition) is 1. The first kappa shape index (κ1) is 15.0. The summed E-state index contributed by atoms with van der Waals surface area (Å²) in [7, 11) is 0. The van der Waals surface area contributed by atoms with Crippen LogP contribution in [0.4, 0.5) is 0 Å². The van der Waals surface area contributed by atoms with Gasteiger partial charge in [0.05, 0.1) is 0 Å². The summed E-state index contributed by atoms with van der Waals surface area (Å²) in [6.07, 6.45) is 5.62. The molecule has 0 aromatic rings. The van der Waals surface area contributed by atoms with Crippen LogP contribution in [0.25, 0.3) is 0 Å². The number of hydrogen-bond donors (Lipinski definition) is 0. The van der Waals surface area contributed by atoms with Gasteiger partial charge in [-0.1, -0.05) is 24.8 Å². The fourth-order valence-corrected chi connectivity index (χ4v) is 4.90. The van der Waals surface area contributed by atoms with E-state index in [1.807, 2.05) is 32.4 Å². The van der Waals surface area contributed by atoms with Crippen LogP contribution in [-0.2, 0) is 4.57 Å². The van der Waals surface area contributed by atoms with Crippen LogP contribution < -0.4 is 0 Å². The van der Waals surface area contributed by atoms with E-state index in [1.165, 1.54) is 0 Å². The highest BCUT2D eigenvalue weighted by atomic mass is 35.7. The van der Waals surface area contributed by atoms with Crippen molar-refractivity contribution in [2.75, 3.05) is 6.16 Å². The van der Waals surface area contributed by atoms with Crippen molar-refractivity contribution < 1.29 is 4.57 Å². The lowest BCUT2D eigenvalue weighted by molar-refractivity contribution is 0.307. The van der Waals surface area contributed by atoms with Gasteiger partial charge in [-0.15, -0.1) is 0 Å². The highest BCUT2D eigenvalue weighted by Gasteiger charge is 2.31. The van der Waals surface area contributed by atoms with Crippen molar-refractivity contribution >= 4 is 17.9 Å². The van der Waals surface area contributed by atoms with Crippen molar-refractivity contribution in [3.05, 3.63) is 24.8 Å². The molecule has 0 saturated carbocycles. The summed E-state index contributed by atoms with van der Waals surface area (Å²) in [5.41, 5.74) is 0. The molecule has 2 nitrogen and oxygen atoms in total. The molecule has 0 radical (unpaired) electrons. The molecular weight excluding hydrogens is 229 g/mol. The average molecular weight is 250 g/mol. The maximum Gasteiger partial charge on any atom is 0.238 e. The first-order valence-corrected chi connectivity index (χ1v) is 7.93. The number of halogens is 1. The van der Waals surface area contributed by atoms with Gasteiger partial charge in [0, 0.05) is 18.2 Å². The van der Waals surface area contributed by atoms with Crippen molar-refractivity contribution in [2.45, 2.75) is 39.8 Å². The van der Waals surface area contributed by atoms with E-state index in [0.717, 1.165) is 0 Å². The number of allylic oxidation sites excluding steroid dienone is 3. The fourth-order valence-electron chi connectivity index (χ4n) is 1.67. The van der Waals surface area contributed by atoms with Crippen LogP contribution in [0.3, 0.4) is 0 Å². The topological polar surface area (TPSA) is 20.3 Å². The summed E-state index contributed by atoms with van der Waals surface area (Å²) < 4.78 is 14.2. The Morgan fingerprint density at radius 3 is 2.13 bits per heavy atom. The first-order valence-electron chi connectivity index (χ1n) is 5.18. The Hall–Kier alpha value is -0.0400. The Kier molecular flexibility index (Phi) is 6.51. The Balaban J connectivity index is 4.71. The van der Waals surface area contributed by atoms with Gasteiger partial charge in [-0.05, 0) is 38.9 Å². The quantitative estimate of drug-likeness (QED) is 0.517. The second-order valence-electron chi connectivity index (χ2n) is 4.03. The normalized spacial score (nSPS) is 16.5. The Morgan fingerprint density at radius 1 is 1.33 bits per heavy atom. The smallest absolute Gasteiger partial charge is 0.238 e. The SMILES string of the molecule is C=C/C=C/CP(=O)(Cl)N(C(C)C)C(C)C. The summed E-state index contributed by atoms with van der Waals surface area (Å²) >= 11 is 6.12. The number of rotatable bonds is 6. The molecule has 0 aliphatic carbocycles. The summed E-state index contributed by atoms with van der Waals surface area (Å²) in [5, 5.41) is 0. The molecule has 0 aliphatic rings. The second kappa shape index (κ2) is 6.52. The van der Waals surface area contributed by atoms with Gasteiger partial charge in [0.1, 0.15) is 0 Å². The zero-order valence-electron chi connectivity index (χ0n) is 9.98. The minimum Gasteiger partial charge on any atom is -0.289 e.